The molecule has 2 atom stereocenters. The van der Waals surface area contributed by atoms with Gasteiger partial charge in [0.15, 0.2) is 0 Å². The topological polar surface area (TPSA) is 42.1 Å². The van der Waals surface area contributed by atoms with Gasteiger partial charge >= 0.3 is 6.04 Å². The Kier molecular flexibility index (Phi) is 5.98. The number of aromatic amines is 1. The van der Waals surface area contributed by atoms with Crippen molar-refractivity contribution >= 4 is 16.9 Å². The van der Waals surface area contributed by atoms with Crippen LogP contribution in [0.4, 0.5) is 4.39 Å². The number of H-pyrrole nitrogens is 1. The van der Waals surface area contributed by atoms with Gasteiger partial charge in [0.25, 0.3) is 0 Å². The molecular formula is C25H28FNO2. The Bertz CT molecular complexity index is 993. The van der Waals surface area contributed by atoms with Crippen LogP contribution < -0.4 is 4.74 Å². The lowest BCUT2D eigenvalue weighted by Gasteiger charge is -2.22. The molecule has 4 heteroatoms. The summed E-state index contributed by atoms with van der Waals surface area (Å²) < 4.78 is 19.4. The van der Waals surface area contributed by atoms with E-state index in [2.05, 4.69) is 36.2 Å². The minimum absolute atomic E-state index is 0.0375. The lowest BCUT2D eigenvalue weighted by atomic mass is 9.95. The van der Waals surface area contributed by atoms with Crippen LogP contribution in [0.25, 0.3) is 10.9 Å². The molecule has 0 radical (unpaired) electrons. The predicted molar refractivity (Wildman–Crippen MR) is 114 cm³/mol. The smallest absolute Gasteiger partial charge is 0.305 e. The van der Waals surface area contributed by atoms with E-state index in [0.717, 1.165) is 29.5 Å². The Morgan fingerprint density at radius 1 is 1.17 bits per heavy atom. The molecule has 0 aliphatic heterocycles. The van der Waals surface area contributed by atoms with Crippen LogP contribution in [0.1, 0.15) is 61.8 Å². The van der Waals surface area contributed by atoms with E-state index >= 15 is 0 Å². The van der Waals surface area contributed by atoms with Crippen molar-refractivity contribution in [3.63, 3.8) is 0 Å². The lowest BCUT2D eigenvalue weighted by molar-refractivity contribution is -0.128. The number of ether oxygens (including phenoxy) is 1. The van der Waals surface area contributed by atoms with Crippen LogP contribution in [0, 0.1) is 5.92 Å². The van der Waals surface area contributed by atoms with Gasteiger partial charge in [-0.15, -0.1) is 0 Å². The van der Waals surface area contributed by atoms with Crippen LogP contribution in [0.2, 0.25) is 0 Å². The van der Waals surface area contributed by atoms with Gasteiger partial charge in [0.1, 0.15) is 11.9 Å². The number of aromatic nitrogens is 1. The number of hydrogen-bond donors (Lipinski definition) is 1. The largest absolute Gasteiger partial charge is 0.485 e. The van der Waals surface area contributed by atoms with Crippen molar-refractivity contribution in [3.8, 4) is 5.75 Å². The van der Waals surface area contributed by atoms with Crippen LogP contribution in [0.3, 0.4) is 0 Å². The first-order valence-electron chi connectivity index (χ1n) is 10.7. The highest BCUT2D eigenvalue weighted by Gasteiger charge is 2.33. The molecule has 0 bridgehead atoms. The third kappa shape index (κ3) is 4.36. The second-order valence-electron chi connectivity index (χ2n) is 8.10. The van der Waals surface area contributed by atoms with E-state index in [-0.39, 0.29) is 12.5 Å². The summed E-state index contributed by atoms with van der Waals surface area (Å²) in [6, 6.07) is 13.1. The van der Waals surface area contributed by atoms with E-state index in [1.54, 1.807) is 6.20 Å². The summed E-state index contributed by atoms with van der Waals surface area (Å²) in [5.41, 5.74) is 4.21. The van der Waals surface area contributed by atoms with E-state index in [1.165, 1.54) is 36.8 Å². The van der Waals surface area contributed by atoms with Crippen LogP contribution in [0.15, 0.2) is 48.7 Å². The molecule has 3 aromatic rings. The van der Waals surface area contributed by atoms with Gasteiger partial charge in [-0.05, 0) is 47.7 Å². The fraction of sp³-hybridized carbons (Fsp3) is 0.400. The highest BCUT2D eigenvalue weighted by Crippen LogP contribution is 2.42. The number of hydrogen-bond acceptors (Lipinski definition) is 2. The number of carbonyl (C=O) groups is 1. The molecule has 29 heavy (non-hydrogen) atoms. The number of rotatable bonds is 9. The average molecular weight is 394 g/mol. The summed E-state index contributed by atoms with van der Waals surface area (Å²) in [4.78, 5) is 14.0. The Balaban J connectivity index is 1.57. The molecule has 0 fully saturated rings. The van der Waals surface area contributed by atoms with E-state index in [9.17, 15) is 9.18 Å². The van der Waals surface area contributed by atoms with Gasteiger partial charge in [-0.25, -0.2) is 0 Å². The average Bonchev–Trinajstić information content (AvgIpc) is 3.26. The predicted octanol–water partition coefficient (Wildman–Crippen LogP) is 6.47. The van der Waals surface area contributed by atoms with E-state index in [1.807, 2.05) is 18.2 Å². The van der Waals surface area contributed by atoms with E-state index < -0.39 is 6.04 Å². The molecule has 1 unspecified atom stereocenters. The molecule has 1 N–H and O–H groups in total. The van der Waals surface area contributed by atoms with Crippen LogP contribution in [0.5, 0.6) is 5.75 Å². The SMILES string of the molecule is CCCCCC[C@@H]1Cc2ccccc2C1Oc1ccc2[nH]cc(CC(=O)F)c2c1. The summed E-state index contributed by atoms with van der Waals surface area (Å²) in [6.45, 7) is 2.24. The van der Waals surface area contributed by atoms with E-state index in [4.69, 9.17) is 4.74 Å². The Hall–Kier alpha value is -2.62. The summed E-state index contributed by atoms with van der Waals surface area (Å²) in [6.07, 6.45) is 8.77. The molecule has 152 valence electrons. The highest BCUT2D eigenvalue weighted by atomic mass is 19.1. The summed E-state index contributed by atoms with van der Waals surface area (Å²) in [5.74, 6) is 1.24. The highest BCUT2D eigenvalue weighted by molar-refractivity contribution is 5.88. The fourth-order valence-electron chi connectivity index (χ4n) is 4.56. The molecule has 1 aliphatic rings. The fourth-order valence-corrected chi connectivity index (χ4v) is 4.56. The number of carbonyl (C=O) groups excluding carboxylic acids is 1. The maximum absolute atomic E-state index is 12.9. The van der Waals surface area contributed by atoms with Crippen molar-refractivity contribution in [1.82, 2.24) is 4.98 Å². The van der Waals surface area contributed by atoms with Gasteiger partial charge in [-0.1, -0.05) is 56.9 Å². The van der Waals surface area contributed by atoms with Crippen LogP contribution >= 0.6 is 0 Å². The molecule has 1 aromatic heterocycles. The van der Waals surface area contributed by atoms with Crippen molar-refractivity contribution in [2.45, 2.75) is 58.0 Å². The monoisotopic (exact) mass is 393 g/mol. The lowest BCUT2D eigenvalue weighted by Crippen LogP contribution is -2.14. The third-order valence-corrected chi connectivity index (χ3v) is 6.03. The molecule has 1 heterocycles. The Morgan fingerprint density at radius 2 is 2.03 bits per heavy atom. The summed E-state index contributed by atoms with van der Waals surface area (Å²) in [5, 5.41) is 0.847. The number of unbranched alkanes of at least 4 members (excludes halogenated alkanes) is 3. The first-order chi connectivity index (χ1) is 14.2. The molecule has 4 rings (SSSR count). The quantitative estimate of drug-likeness (QED) is 0.334. The van der Waals surface area contributed by atoms with Gasteiger partial charge in [0.2, 0.25) is 0 Å². The number of benzene rings is 2. The molecule has 1 aliphatic carbocycles. The first-order valence-corrected chi connectivity index (χ1v) is 10.7. The first kappa shape index (κ1) is 19.7. The second kappa shape index (κ2) is 8.81. The van der Waals surface area contributed by atoms with Crippen LogP contribution in [-0.2, 0) is 17.6 Å². The number of fused-ring (bicyclic) bond motifs is 2. The second-order valence-corrected chi connectivity index (χ2v) is 8.10. The molecule has 2 aromatic carbocycles. The van der Waals surface area contributed by atoms with Crippen molar-refractivity contribution in [3.05, 3.63) is 65.4 Å². The zero-order valence-electron chi connectivity index (χ0n) is 16.9. The Labute approximate surface area is 171 Å². The maximum Gasteiger partial charge on any atom is 0.305 e. The van der Waals surface area contributed by atoms with Gasteiger partial charge in [0, 0.05) is 23.0 Å². The van der Waals surface area contributed by atoms with Gasteiger partial charge in [-0.3, -0.25) is 4.79 Å². The van der Waals surface area contributed by atoms with Crippen molar-refractivity contribution in [2.24, 2.45) is 5.92 Å². The molecular weight excluding hydrogens is 365 g/mol. The van der Waals surface area contributed by atoms with Gasteiger partial charge in [0.05, 0.1) is 6.42 Å². The molecule has 3 nitrogen and oxygen atoms in total. The molecule has 0 saturated heterocycles. The summed E-state index contributed by atoms with van der Waals surface area (Å²) in [7, 11) is 0. The normalized spacial score (nSPS) is 18.1. The van der Waals surface area contributed by atoms with Crippen molar-refractivity contribution < 1.29 is 13.9 Å². The zero-order valence-corrected chi connectivity index (χ0v) is 16.9. The van der Waals surface area contributed by atoms with Gasteiger partial charge in [-0.2, -0.15) is 4.39 Å². The third-order valence-electron chi connectivity index (χ3n) is 6.03. The minimum atomic E-state index is -1.32. The Morgan fingerprint density at radius 3 is 2.86 bits per heavy atom. The minimum Gasteiger partial charge on any atom is -0.485 e. The van der Waals surface area contributed by atoms with Crippen molar-refractivity contribution in [1.29, 1.82) is 0 Å². The standard InChI is InChI=1S/C25H28FNO2/c1-2-3-4-5-9-18-13-17-8-6-7-10-21(17)25(18)29-20-11-12-23-22(15-20)19(16-27-23)14-24(26)28/h6-8,10-12,15-16,18,25,27H,2-5,9,13-14H2,1H3/t18-,25?/m1/s1. The van der Waals surface area contributed by atoms with Crippen molar-refractivity contribution in [2.75, 3.05) is 0 Å². The molecule has 0 amide bonds. The zero-order chi connectivity index (χ0) is 20.2. The number of halogens is 1. The van der Waals surface area contributed by atoms with Gasteiger partial charge < -0.3 is 9.72 Å². The number of nitrogens with one attached hydrogen (secondary N) is 1. The van der Waals surface area contributed by atoms with Crippen LogP contribution in [-0.4, -0.2) is 11.0 Å². The molecule has 0 spiro atoms. The van der Waals surface area contributed by atoms with E-state index in [0.29, 0.717) is 11.5 Å². The maximum atomic E-state index is 12.9. The summed E-state index contributed by atoms with van der Waals surface area (Å²) >= 11 is 0. The molecule has 0 saturated carbocycles.